The number of amides is 2. The van der Waals surface area contributed by atoms with Crippen LogP contribution >= 0.6 is 0 Å². The van der Waals surface area contributed by atoms with E-state index in [9.17, 15) is 14.4 Å². The molecule has 5 nitrogen and oxygen atoms in total. The summed E-state index contributed by atoms with van der Waals surface area (Å²) in [4.78, 5) is 33.6. The lowest BCUT2D eigenvalue weighted by molar-refractivity contribution is -0.133. The molecule has 2 fully saturated rings. The SMILES string of the molecule is O=C1CCCC(=O)N1.O=CC1CCN(c2ccccc2)CC1. The fourth-order valence-electron chi connectivity index (χ4n) is 2.62. The van der Waals surface area contributed by atoms with Crippen LogP contribution in [0.3, 0.4) is 0 Å². The number of carbonyl (C=O) groups is 3. The van der Waals surface area contributed by atoms with Gasteiger partial charge >= 0.3 is 0 Å². The summed E-state index contributed by atoms with van der Waals surface area (Å²) in [5, 5.41) is 2.20. The molecule has 2 saturated heterocycles. The lowest BCUT2D eigenvalue weighted by Crippen LogP contribution is -2.33. The van der Waals surface area contributed by atoms with Crippen molar-refractivity contribution in [3.05, 3.63) is 30.3 Å². The second kappa shape index (κ2) is 8.32. The predicted molar refractivity (Wildman–Crippen MR) is 84.4 cm³/mol. The van der Waals surface area contributed by atoms with Crippen LogP contribution in [-0.2, 0) is 14.4 Å². The molecule has 0 saturated carbocycles. The van der Waals surface area contributed by atoms with Gasteiger partial charge in [-0.1, -0.05) is 18.2 Å². The van der Waals surface area contributed by atoms with Crippen LogP contribution in [0.15, 0.2) is 30.3 Å². The molecule has 1 aromatic rings. The normalized spacial score (nSPS) is 19.0. The molecule has 0 spiro atoms. The number of anilines is 1. The Morgan fingerprint density at radius 2 is 1.59 bits per heavy atom. The van der Waals surface area contributed by atoms with E-state index in [2.05, 4.69) is 34.5 Å². The zero-order valence-electron chi connectivity index (χ0n) is 12.7. The van der Waals surface area contributed by atoms with Gasteiger partial charge < -0.3 is 9.69 Å². The Hall–Kier alpha value is -2.17. The molecule has 3 rings (SSSR count). The number of rotatable bonds is 2. The molecular formula is C17H22N2O3. The van der Waals surface area contributed by atoms with Gasteiger partial charge in [0.25, 0.3) is 0 Å². The van der Waals surface area contributed by atoms with Crippen molar-refractivity contribution in [2.24, 2.45) is 5.92 Å². The zero-order chi connectivity index (χ0) is 15.8. The number of imide groups is 1. The Labute approximate surface area is 130 Å². The number of hydrogen-bond acceptors (Lipinski definition) is 4. The van der Waals surface area contributed by atoms with Crippen molar-refractivity contribution in [3.63, 3.8) is 0 Å². The first-order valence-corrected chi connectivity index (χ1v) is 7.77. The van der Waals surface area contributed by atoms with Crippen molar-refractivity contribution < 1.29 is 14.4 Å². The number of piperidine rings is 2. The van der Waals surface area contributed by atoms with Gasteiger partial charge in [0.2, 0.25) is 11.8 Å². The van der Waals surface area contributed by atoms with E-state index in [0.29, 0.717) is 19.3 Å². The number of nitrogens with zero attached hydrogens (tertiary/aromatic N) is 1. The second-order valence-electron chi connectivity index (χ2n) is 5.62. The highest BCUT2D eigenvalue weighted by atomic mass is 16.2. The van der Waals surface area contributed by atoms with Crippen molar-refractivity contribution in [2.75, 3.05) is 18.0 Å². The fraction of sp³-hybridized carbons (Fsp3) is 0.471. The van der Waals surface area contributed by atoms with E-state index in [1.165, 1.54) is 5.69 Å². The van der Waals surface area contributed by atoms with Crippen molar-refractivity contribution in [1.29, 1.82) is 0 Å². The van der Waals surface area contributed by atoms with Gasteiger partial charge in [0.1, 0.15) is 6.29 Å². The summed E-state index contributed by atoms with van der Waals surface area (Å²) in [6, 6.07) is 10.4. The highest BCUT2D eigenvalue weighted by molar-refractivity contribution is 5.97. The molecule has 0 unspecified atom stereocenters. The van der Waals surface area contributed by atoms with Gasteiger partial charge in [-0.05, 0) is 31.4 Å². The van der Waals surface area contributed by atoms with Crippen LogP contribution < -0.4 is 10.2 Å². The van der Waals surface area contributed by atoms with Crippen LogP contribution in [-0.4, -0.2) is 31.2 Å². The number of hydrogen-bond donors (Lipinski definition) is 1. The van der Waals surface area contributed by atoms with Gasteiger partial charge in [0.15, 0.2) is 0 Å². The first-order chi connectivity index (χ1) is 10.7. The molecule has 2 heterocycles. The maximum atomic E-state index is 10.6. The minimum absolute atomic E-state index is 0.138. The average Bonchev–Trinajstić information content (AvgIpc) is 2.56. The number of nitrogens with one attached hydrogen (secondary N) is 1. The fourth-order valence-corrected chi connectivity index (χ4v) is 2.62. The summed E-state index contributed by atoms with van der Waals surface area (Å²) in [5.41, 5.74) is 1.27. The van der Waals surface area contributed by atoms with Crippen LogP contribution in [0.25, 0.3) is 0 Å². The first-order valence-electron chi connectivity index (χ1n) is 7.77. The van der Waals surface area contributed by atoms with Crippen LogP contribution in [0.1, 0.15) is 32.1 Å². The van der Waals surface area contributed by atoms with Gasteiger partial charge in [-0.15, -0.1) is 0 Å². The van der Waals surface area contributed by atoms with E-state index in [-0.39, 0.29) is 17.7 Å². The summed E-state index contributed by atoms with van der Waals surface area (Å²) in [6.07, 6.45) is 4.82. The van der Waals surface area contributed by atoms with Crippen LogP contribution in [0.5, 0.6) is 0 Å². The van der Waals surface area contributed by atoms with Crippen molar-refractivity contribution in [2.45, 2.75) is 32.1 Å². The zero-order valence-corrected chi connectivity index (χ0v) is 12.7. The van der Waals surface area contributed by atoms with Crippen LogP contribution in [0.4, 0.5) is 5.69 Å². The molecule has 2 aliphatic heterocycles. The third kappa shape index (κ3) is 4.98. The lowest BCUT2D eigenvalue weighted by atomic mass is 9.98. The molecule has 22 heavy (non-hydrogen) atoms. The Bertz CT molecular complexity index is 494. The molecule has 0 aliphatic carbocycles. The largest absolute Gasteiger partial charge is 0.371 e. The average molecular weight is 302 g/mol. The second-order valence-corrected chi connectivity index (χ2v) is 5.62. The number of carbonyl (C=O) groups excluding carboxylic acids is 3. The highest BCUT2D eigenvalue weighted by Crippen LogP contribution is 2.21. The quantitative estimate of drug-likeness (QED) is 0.669. The summed E-state index contributed by atoms with van der Waals surface area (Å²) in [7, 11) is 0. The monoisotopic (exact) mass is 302 g/mol. The molecule has 0 atom stereocenters. The standard InChI is InChI=1S/C12H15NO.C5H7NO2/c14-10-11-6-8-13(9-7-11)12-4-2-1-3-5-12;7-4-2-1-3-5(8)6-4/h1-5,10-11H,6-9H2;1-3H2,(H,6,7,8). The summed E-state index contributed by atoms with van der Waals surface area (Å²) >= 11 is 0. The Balaban J connectivity index is 0.000000188. The Morgan fingerprint density at radius 1 is 1.00 bits per heavy atom. The topological polar surface area (TPSA) is 66.5 Å². The number of aldehydes is 1. The molecule has 0 radical (unpaired) electrons. The molecular weight excluding hydrogens is 280 g/mol. The molecule has 2 aliphatic rings. The Morgan fingerprint density at radius 3 is 2.05 bits per heavy atom. The minimum Gasteiger partial charge on any atom is -0.371 e. The maximum Gasteiger partial charge on any atom is 0.226 e. The molecule has 118 valence electrons. The molecule has 1 aromatic carbocycles. The molecule has 0 bridgehead atoms. The molecule has 1 N–H and O–H groups in total. The lowest BCUT2D eigenvalue weighted by Gasteiger charge is -2.31. The van der Waals surface area contributed by atoms with Gasteiger partial charge in [-0.25, -0.2) is 0 Å². The van der Waals surface area contributed by atoms with Crippen molar-refractivity contribution in [1.82, 2.24) is 5.32 Å². The third-order valence-corrected chi connectivity index (χ3v) is 3.94. The van der Waals surface area contributed by atoms with Crippen LogP contribution in [0.2, 0.25) is 0 Å². The third-order valence-electron chi connectivity index (χ3n) is 3.94. The smallest absolute Gasteiger partial charge is 0.226 e. The van der Waals surface area contributed by atoms with Gasteiger partial charge in [-0.2, -0.15) is 0 Å². The van der Waals surface area contributed by atoms with Gasteiger partial charge in [0.05, 0.1) is 0 Å². The minimum atomic E-state index is -0.138. The first kappa shape index (κ1) is 16.2. The van der Waals surface area contributed by atoms with E-state index in [1.54, 1.807) is 0 Å². The van der Waals surface area contributed by atoms with Crippen molar-refractivity contribution >= 4 is 23.8 Å². The van der Waals surface area contributed by atoms with Gasteiger partial charge in [0, 0.05) is 37.5 Å². The van der Waals surface area contributed by atoms with Gasteiger partial charge in [-0.3, -0.25) is 14.9 Å². The van der Waals surface area contributed by atoms with Crippen LogP contribution in [0, 0.1) is 5.92 Å². The summed E-state index contributed by atoms with van der Waals surface area (Å²) in [6.45, 7) is 2.01. The van der Waals surface area contributed by atoms with E-state index >= 15 is 0 Å². The van der Waals surface area contributed by atoms with E-state index in [0.717, 1.165) is 32.2 Å². The highest BCUT2D eigenvalue weighted by Gasteiger charge is 2.18. The summed E-state index contributed by atoms with van der Waals surface area (Å²) < 4.78 is 0. The molecule has 0 aromatic heterocycles. The summed E-state index contributed by atoms with van der Waals surface area (Å²) in [5.74, 6) is 0.0115. The Kier molecular flexibility index (Phi) is 6.13. The number of benzene rings is 1. The van der Waals surface area contributed by atoms with E-state index in [4.69, 9.17) is 0 Å². The van der Waals surface area contributed by atoms with E-state index in [1.807, 2.05) is 6.07 Å². The molecule has 5 heteroatoms. The van der Waals surface area contributed by atoms with Crippen molar-refractivity contribution in [3.8, 4) is 0 Å². The van der Waals surface area contributed by atoms with E-state index < -0.39 is 0 Å². The number of para-hydroxylation sites is 1. The maximum absolute atomic E-state index is 10.6. The molecule has 2 amide bonds. The predicted octanol–water partition coefficient (Wildman–Crippen LogP) is 1.92.